The summed E-state index contributed by atoms with van der Waals surface area (Å²) < 4.78 is 15.4. The number of para-hydroxylation sites is 3. The summed E-state index contributed by atoms with van der Waals surface area (Å²) in [7, 11) is 0. The van der Waals surface area contributed by atoms with E-state index in [0.717, 1.165) is 10.4 Å². The molecule has 8 nitrogen and oxygen atoms in total. The molecule has 0 aliphatic carbocycles. The Morgan fingerprint density at radius 3 is 2.57 bits per heavy atom. The molecule has 2 aromatic heterocycles. The van der Waals surface area contributed by atoms with Gasteiger partial charge in [0.1, 0.15) is 5.82 Å². The number of imide groups is 1. The molecule has 2 aromatic carbocycles. The molecule has 1 fully saturated rings. The maximum atomic E-state index is 14.2. The third-order valence-electron chi connectivity index (χ3n) is 5.29. The fourth-order valence-corrected chi connectivity index (χ4v) is 3.91. The lowest BCUT2D eigenvalue weighted by Crippen LogP contribution is -2.32. The Kier molecular flexibility index (Phi) is 3.92. The third kappa shape index (κ3) is 2.59. The van der Waals surface area contributed by atoms with E-state index < -0.39 is 29.1 Å². The molecule has 150 valence electrons. The van der Waals surface area contributed by atoms with Gasteiger partial charge in [0.25, 0.3) is 5.56 Å². The number of hydrogen-bond donors (Lipinski definition) is 2. The number of rotatable bonds is 3. The maximum absolute atomic E-state index is 14.2. The summed E-state index contributed by atoms with van der Waals surface area (Å²) in [6.45, 7) is 1.65. The Morgan fingerprint density at radius 1 is 1.07 bits per heavy atom. The molecule has 0 bridgehead atoms. The van der Waals surface area contributed by atoms with E-state index in [0.29, 0.717) is 11.2 Å². The first-order chi connectivity index (χ1) is 14.5. The van der Waals surface area contributed by atoms with Crippen molar-refractivity contribution in [3.05, 3.63) is 76.0 Å². The van der Waals surface area contributed by atoms with E-state index >= 15 is 0 Å². The molecule has 2 N–H and O–H groups in total. The van der Waals surface area contributed by atoms with Gasteiger partial charge in [0.05, 0.1) is 28.2 Å². The predicted octanol–water partition coefficient (Wildman–Crippen LogP) is 2.54. The molecule has 1 atom stereocenters. The quantitative estimate of drug-likeness (QED) is 0.511. The minimum absolute atomic E-state index is 0.110. The standard InChI is InChI=1S/C21H16FN5O3/c1-11-18(12-10-17(28)26(19(12)29)16-9-5-2-6-13(16)22)20(30)27(25-11)21-23-14-7-3-4-8-15(14)24-21/h2-9,12,25H,10H2,1H3,(H,23,24)/t12-/m1/s1. The fourth-order valence-electron chi connectivity index (χ4n) is 3.91. The van der Waals surface area contributed by atoms with Gasteiger partial charge in [-0.05, 0) is 31.2 Å². The number of hydrogen-bond acceptors (Lipinski definition) is 4. The second kappa shape index (κ2) is 6.51. The minimum atomic E-state index is -0.994. The molecule has 2 amide bonds. The van der Waals surface area contributed by atoms with Gasteiger partial charge in [-0.3, -0.25) is 19.5 Å². The van der Waals surface area contributed by atoms with Crippen molar-refractivity contribution in [1.29, 1.82) is 0 Å². The van der Waals surface area contributed by atoms with E-state index in [1.807, 2.05) is 24.3 Å². The van der Waals surface area contributed by atoms with E-state index in [4.69, 9.17) is 0 Å². The first-order valence-corrected chi connectivity index (χ1v) is 9.33. The number of nitrogens with zero attached hydrogens (tertiary/aromatic N) is 3. The fraction of sp³-hybridized carbons (Fsp3) is 0.143. The molecule has 9 heteroatoms. The molecule has 30 heavy (non-hydrogen) atoms. The lowest BCUT2D eigenvalue weighted by Gasteiger charge is -2.15. The summed E-state index contributed by atoms with van der Waals surface area (Å²) in [4.78, 5) is 47.0. The Bertz CT molecular complexity index is 1350. The van der Waals surface area contributed by atoms with Crippen molar-refractivity contribution in [3.8, 4) is 5.95 Å². The number of carbonyl (C=O) groups is 2. The highest BCUT2D eigenvalue weighted by atomic mass is 19.1. The summed E-state index contributed by atoms with van der Waals surface area (Å²) >= 11 is 0. The predicted molar refractivity (Wildman–Crippen MR) is 107 cm³/mol. The molecule has 0 spiro atoms. The number of benzene rings is 2. The van der Waals surface area contributed by atoms with Crippen LogP contribution in [0.15, 0.2) is 53.3 Å². The zero-order valence-corrected chi connectivity index (χ0v) is 15.8. The molecular formula is C21H16FN5O3. The van der Waals surface area contributed by atoms with Crippen LogP contribution in [0.2, 0.25) is 0 Å². The SMILES string of the molecule is Cc1[nH]n(-c2nc3ccccc3[nH]2)c(=O)c1[C@H]1CC(=O)N(c2ccccc2F)C1=O. The second-order valence-corrected chi connectivity index (χ2v) is 7.14. The smallest absolute Gasteiger partial charge is 0.278 e. The number of anilines is 1. The number of carbonyl (C=O) groups excluding carboxylic acids is 2. The monoisotopic (exact) mass is 405 g/mol. The van der Waals surface area contributed by atoms with Crippen molar-refractivity contribution < 1.29 is 14.0 Å². The van der Waals surface area contributed by atoms with Gasteiger partial charge in [0.2, 0.25) is 17.8 Å². The van der Waals surface area contributed by atoms with Crippen molar-refractivity contribution in [2.45, 2.75) is 19.3 Å². The van der Waals surface area contributed by atoms with Crippen molar-refractivity contribution in [2.75, 3.05) is 4.90 Å². The highest BCUT2D eigenvalue weighted by Gasteiger charge is 2.44. The largest absolute Gasteiger partial charge is 0.322 e. The van der Waals surface area contributed by atoms with Crippen LogP contribution in [0.3, 0.4) is 0 Å². The van der Waals surface area contributed by atoms with Crippen LogP contribution in [0.1, 0.15) is 23.6 Å². The minimum Gasteiger partial charge on any atom is -0.322 e. The molecule has 3 heterocycles. The third-order valence-corrected chi connectivity index (χ3v) is 5.29. The van der Waals surface area contributed by atoms with Gasteiger partial charge in [-0.15, -0.1) is 0 Å². The normalized spacial score (nSPS) is 16.7. The number of fused-ring (bicyclic) bond motifs is 1. The van der Waals surface area contributed by atoms with Crippen LogP contribution in [-0.2, 0) is 9.59 Å². The van der Waals surface area contributed by atoms with Crippen LogP contribution in [0, 0.1) is 12.7 Å². The van der Waals surface area contributed by atoms with Gasteiger partial charge in [-0.2, -0.15) is 4.68 Å². The number of aryl methyl sites for hydroxylation is 1. The zero-order valence-electron chi connectivity index (χ0n) is 15.8. The lowest BCUT2D eigenvalue weighted by molar-refractivity contribution is -0.121. The van der Waals surface area contributed by atoms with Gasteiger partial charge in [-0.1, -0.05) is 24.3 Å². The molecule has 0 unspecified atom stereocenters. The number of imidazole rings is 1. The van der Waals surface area contributed by atoms with Gasteiger partial charge in [-0.25, -0.2) is 14.3 Å². The number of H-pyrrole nitrogens is 2. The van der Waals surface area contributed by atoms with Crippen LogP contribution in [-0.4, -0.2) is 31.6 Å². The topological polar surface area (TPSA) is 104 Å². The van der Waals surface area contributed by atoms with Crippen molar-refractivity contribution in [3.63, 3.8) is 0 Å². The molecule has 1 saturated heterocycles. The average molecular weight is 405 g/mol. The van der Waals surface area contributed by atoms with Gasteiger partial charge < -0.3 is 4.98 Å². The van der Waals surface area contributed by atoms with Crippen molar-refractivity contribution in [2.24, 2.45) is 0 Å². The van der Waals surface area contributed by atoms with E-state index in [9.17, 15) is 18.8 Å². The number of aromatic nitrogens is 4. The zero-order chi connectivity index (χ0) is 21.0. The molecule has 0 saturated carbocycles. The Morgan fingerprint density at radius 2 is 1.80 bits per heavy atom. The van der Waals surface area contributed by atoms with Crippen molar-refractivity contribution >= 4 is 28.5 Å². The molecule has 1 aliphatic rings. The van der Waals surface area contributed by atoms with Crippen LogP contribution in [0.4, 0.5) is 10.1 Å². The number of aromatic amines is 2. The van der Waals surface area contributed by atoms with Crippen LogP contribution < -0.4 is 10.5 Å². The molecule has 4 aromatic rings. The van der Waals surface area contributed by atoms with E-state index in [1.165, 1.54) is 22.9 Å². The average Bonchev–Trinajstić information content (AvgIpc) is 3.36. The summed E-state index contributed by atoms with van der Waals surface area (Å²) in [5.74, 6) is -2.57. The summed E-state index contributed by atoms with van der Waals surface area (Å²) in [6.07, 6.45) is -0.207. The van der Waals surface area contributed by atoms with Crippen LogP contribution in [0.5, 0.6) is 0 Å². The molecule has 5 rings (SSSR count). The Labute approximate surface area is 168 Å². The van der Waals surface area contributed by atoms with E-state index in [1.54, 1.807) is 13.0 Å². The number of amides is 2. The van der Waals surface area contributed by atoms with Crippen LogP contribution in [0.25, 0.3) is 17.0 Å². The number of halogens is 1. The second-order valence-electron chi connectivity index (χ2n) is 7.14. The van der Waals surface area contributed by atoms with Crippen molar-refractivity contribution in [1.82, 2.24) is 19.7 Å². The van der Waals surface area contributed by atoms with Gasteiger partial charge in [0.15, 0.2) is 0 Å². The molecular weight excluding hydrogens is 389 g/mol. The summed E-state index contributed by atoms with van der Waals surface area (Å²) in [5.41, 5.74) is 1.47. The lowest BCUT2D eigenvalue weighted by atomic mass is 9.98. The Hall–Kier alpha value is -4.01. The van der Waals surface area contributed by atoms with E-state index in [2.05, 4.69) is 15.1 Å². The first kappa shape index (κ1) is 18.0. The summed E-state index contributed by atoms with van der Waals surface area (Å²) in [5, 5.41) is 2.92. The highest BCUT2D eigenvalue weighted by Crippen LogP contribution is 2.34. The summed E-state index contributed by atoms with van der Waals surface area (Å²) in [6, 6.07) is 12.9. The first-order valence-electron chi connectivity index (χ1n) is 9.33. The number of nitrogens with one attached hydrogen (secondary N) is 2. The van der Waals surface area contributed by atoms with Crippen LogP contribution >= 0.6 is 0 Å². The molecule has 0 radical (unpaired) electrons. The molecule has 1 aliphatic heterocycles. The maximum Gasteiger partial charge on any atom is 0.278 e. The van der Waals surface area contributed by atoms with Gasteiger partial charge >= 0.3 is 0 Å². The Balaban J connectivity index is 1.57. The van der Waals surface area contributed by atoms with E-state index in [-0.39, 0.29) is 23.6 Å². The highest BCUT2D eigenvalue weighted by molar-refractivity contribution is 6.22. The van der Waals surface area contributed by atoms with Gasteiger partial charge in [0, 0.05) is 12.1 Å².